The summed E-state index contributed by atoms with van der Waals surface area (Å²) in [6, 6.07) is 8.88. The van der Waals surface area contributed by atoms with Crippen molar-refractivity contribution in [1.29, 1.82) is 0 Å². The van der Waals surface area contributed by atoms with Crippen LogP contribution in [0.5, 0.6) is 0 Å². The molecule has 27 heavy (non-hydrogen) atoms. The number of hydrogen-bond acceptors (Lipinski definition) is 4. The summed E-state index contributed by atoms with van der Waals surface area (Å²) in [5, 5.41) is 2.37. The molecule has 0 aliphatic carbocycles. The molecule has 1 aliphatic heterocycles. The number of carbonyl (C=O) groups is 2. The number of rotatable bonds is 4. The van der Waals surface area contributed by atoms with E-state index in [0.717, 1.165) is 11.1 Å². The second kappa shape index (κ2) is 7.11. The highest BCUT2D eigenvalue weighted by molar-refractivity contribution is 7.89. The lowest BCUT2D eigenvalue weighted by atomic mass is 10.1. The predicted octanol–water partition coefficient (Wildman–Crippen LogP) is 2.76. The van der Waals surface area contributed by atoms with Gasteiger partial charge in [-0.2, -0.15) is 0 Å². The van der Waals surface area contributed by atoms with Crippen molar-refractivity contribution in [3.8, 4) is 0 Å². The Bertz CT molecular complexity index is 1020. The maximum atomic E-state index is 13.8. The van der Waals surface area contributed by atoms with E-state index < -0.39 is 33.7 Å². The molecule has 0 saturated carbocycles. The number of nitrogens with zero attached hydrogens (tertiary/aromatic N) is 1. The Morgan fingerprint density at radius 2 is 1.85 bits per heavy atom. The van der Waals surface area contributed by atoms with Gasteiger partial charge in [-0.1, -0.05) is 18.2 Å². The number of nitrogens with one attached hydrogen (secondary N) is 1. The smallest absolute Gasteiger partial charge is 0.267 e. The zero-order chi connectivity index (χ0) is 19.8. The van der Waals surface area contributed by atoms with E-state index in [4.69, 9.17) is 0 Å². The van der Waals surface area contributed by atoms with E-state index in [0.29, 0.717) is 4.31 Å². The molecule has 1 aliphatic rings. The monoisotopic (exact) mass is 390 g/mol. The molecule has 2 aromatic carbocycles. The minimum absolute atomic E-state index is 0.0448. The van der Waals surface area contributed by atoms with Gasteiger partial charge in [-0.3, -0.25) is 9.59 Å². The van der Waals surface area contributed by atoms with Crippen LogP contribution in [0.3, 0.4) is 0 Å². The zero-order valence-corrected chi connectivity index (χ0v) is 15.7. The first-order valence-corrected chi connectivity index (χ1v) is 9.85. The van der Waals surface area contributed by atoms with Crippen molar-refractivity contribution in [2.75, 3.05) is 5.32 Å². The van der Waals surface area contributed by atoms with Crippen LogP contribution in [-0.2, 0) is 19.6 Å². The Balaban J connectivity index is 1.92. The van der Waals surface area contributed by atoms with Crippen LogP contribution in [0.1, 0.15) is 24.0 Å². The summed E-state index contributed by atoms with van der Waals surface area (Å²) in [4.78, 5) is 24.8. The molecule has 0 bridgehead atoms. The molecule has 1 N–H and O–H groups in total. The molecule has 2 aromatic rings. The standard InChI is InChI=1S/C19H19FN2O4S/c1-12-7-8-14(11-13(12)2)27(25,26)22-17(9-10-18(22)23)19(24)21-16-6-4-3-5-15(16)20/h3-8,11,17H,9-10H2,1-2H3,(H,21,24)/t17-/m1/s1. The van der Waals surface area contributed by atoms with E-state index in [1.165, 1.54) is 30.3 Å². The van der Waals surface area contributed by atoms with Gasteiger partial charge in [-0.05, 0) is 55.7 Å². The molecule has 1 fully saturated rings. The third-order valence-corrected chi connectivity index (χ3v) is 6.46. The molecule has 8 heteroatoms. The Hall–Kier alpha value is -2.74. The van der Waals surface area contributed by atoms with Crippen molar-refractivity contribution in [3.63, 3.8) is 0 Å². The Kier molecular flexibility index (Phi) is 5.01. The number of hydrogen-bond donors (Lipinski definition) is 1. The summed E-state index contributed by atoms with van der Waals surface area (Å²) in [7, 11) is -4.19. The highest BCUT2D eigenvalue weighted by atomic mass is 32.2. The largest absolute Gasteiger partial charge is 0.322 e. The minimum atomic E-state index is -4.19. The van der Waals surface area contributed by atoms with Gasteiger partial charge in [0.25, 0.3) is 10.0 Å². The molecule has 1 saturated heterocycles. The van der Waals surface area contributed by atoms with E-state index in [2.05, 4.69) is 5.32 Å². The Morgan fingerprint density at radius 3 is 2.52 bits per heavy atom. The van der Waals surface area contributed by atoms with Gasteiger partial charge in [0, 0.05) is 6.42 Å². The maximum Gasteiger partial charge on any atom is 0.267 e. The van der Waals surface area contributed by atoms with Crippen LogP contribution in [-0.4, -0.2) is 30.6 Å². The van der Waals surface area contributed by atoms with Crippen LogP contribution in [0.2, 0.25) is 0 Å². The number of halogens is 1. The number of anilines is 1. The predicted molar refractivity (Wildman–Crippen MR) is 98.0 cm³/mol. The van der Waals surface area contributed by atoms with E-state index in [-0.39, 0.29) is 23.4 Å². The molecule has 0 unspecified atom stereocenters. The molecule has 0 spiro atoms. The van der Waals surface area contributed by atoms with Gasteiger partial charge in [0.2, 0.25) is 11.8 Å². The quantitative estimate of drug-likeness (QED) is 0.870. The fourth-order valence-electron chi connectivity index (χ4n) is 2.97. The van der Waals surface area contributed by atoms with Crippen molar-refractivity contribution < 1.29 is 22.4 Å². The second-order valence-corrected chi connectivity index (χ2v) is 8.28. The Labute approximate surface area is 157 Å². The third-order valence-electron chi connectivity index (χ3n) is 4.63. The molecule has 1 atom stereocenters. The molecule has 0 radical (unpaired) electrons. The fraction of sp³-hybridized carbons (Fsp3) is 0.263. The summed E-state index contributed by atoms with van der Waals surface area (Å²) in [5.41, 5.74) is 1.61. The molecular formula is C19H19FN2O4S. The lowest BCUT2D eigenvalue weighted by molar-refractivity contribution is -0.128. The molecule has 0 aromatic heterocycles. The van der Waals surface area contributed by atoms with Crippen LogP contribution in [0.25, 0.3) is 0 Å². The number of sulfonamides is 1. The fourth-order valence-corrected chi connectivity index (χ4v) is 4.66. The van der Waals surface area contributed by atoms with Gasteiger partial charge in [-0.25, -0.2) is 17.1 Å². The number of benzene rings is 2. The van der Waals surface area contributed by atoms with Crippen LogP contribution >= 0.6 is 0 Å². The average molecular weight is 390 g/mol. The number of para-hydroxylation sites is 1. The van der Waals surface area contributed by atoms with E-state index in [1.807, 2.05) is 6.92 Å². The summed E-state index contributed by atoms with van der Waals surface area (Å²) in [6.07, 6.45) is -0.0252. The number of aryl methyl sites for hydroxylation is 2. The first-order valence-electron chi connectivity index (χ1n) is 8.41. The second-order valence-electron chi connectivity index (χ2n) is 6.46. The first kappa shape index (κ1) is 19.0. The van der Waals surface area contributed by atoms with E-state index >= 15 is 0 Å². The van der Waals surface area contributed by atoms with E-state index in [9.17, 15) is 22.4 Å². The molecular weight excluding hydrogens is 371 g/mol. The van der Waals surface area contributed by atoms with Crippen molar-refractivity contribution in [1.82, 2.24) is 4.31 Å². The van der Waals surface area contributed by atoms with Gasteiger partial charge in [0.05, 0.1) is 10.6 Å². The van der Waals surface area contributed by atoms with E-state index in [1.54, 1.807) is 19.1 Å². The summed E-state index contributed by atoms with van der Waals surface area (Å²) < 4.78 is 40.4. The van der Waals surface area contributed by atoms with Crippen LogP contribution in [0.15, 0.2) is 47.4 Å². The topological polar surface area (TPSA) is 83.6 Å². The molecule has 142 valence electrons. The normalized spacial score (nSPS) is 17.2. The van der Waals surface area contributed by atoms with Gasteiger partial charge >= 0.3 is 0 Å². The van der Waals surface area contributed by atoms with Crippen molar-refractivity contribution in [2.24, 2.45) is 0 Å². The van der Waals surface area contributed by atoms with Crippen molar-refractivity contribution in [2.45, 2.75) is 37.6 Å². The average Bonchev–Trinajstić information content (AvgIpc) is 3.01. The number of carbonyl (C=O) groups excluding carboxylic acids is 2. The molecule has 1 heterocycles. The highest BCUT2D eigenvalue weighted by Gasteiger charge is 2.44. The van der Waals surface area contributed by atoms with Crippen LogP contribution in [0.4, 0.5) is 10.1 Å². The van der Waals surface area contributed by atoms with Gasteiger partial charge < -0.3 is 5.32 Å². The SMILES string of the molecule is Cc1ccc(S(=O)(=O)N2C(=O)CC[C@@H]2C(=O)Nc2ccccc2F)cc1C. The lowest BCUT2D eigenvalue weighted by Gasteiger charge is -2.24. The van der Waals surface area contributed by atoms with Crippen LogP contribution in [0, 0.1) is 19.7 Å². The maximum absolute atomic E-state index is 13.8. The Morgan fingerprint density at radius 1 is 1.15 bits per heavy atom. The summed E-state index contributed by atoms with van der Waals surface area (Å²) >= 11 is 0. The first-order chi connectivity index (χ1) is 12.7. The van der Waals surface area contributed by atoms with Crippen molar-refractivity contribution in [3.05, 3.63) is 59.4 Å². The van der Waals surface area contributed by atoms with Gasteiger partial charge in [-0.15, -0.1) is 0 Å². The minimum Gasteiger partial charge on any atom is -0.322 e. The van der Waals surface area contributed by atoms with Crippen LogP contribution < -0.4 is 5.32 Å². The van der Waals surface area contributed by atoms with Gasteiger partial charge in [0.1, 0.15) is 11.9 Å². The highest BCUT2D eigenvalue weighted by Crippen LogP contribution is 2.29. The zero-order valence-electron chi connectivity index (χ0n) is 14.9. The summed E-state index contributed by atoms with van der Waals surface area (Å²) in [5.74, 6) is -2.03. The third kappa shape index (κ3) is 3.57. The molecule has 6 nitrogen and oxygen atoms in total. The van der Waals surface area contributed by atoms with Gasteiger partial charge in [0.15, 0.2) is 0 Å². The summed E-state index contributed by atoms with van der Waals surface area (Å²) in [6.45, 7) is 3.61. The lowest BCUT2D eigenvalue weighted by Crippen LogP contribution is -2.45. The van der Waals surface area contributed by atoms with Crippen molar-refractivity contribution >= 4 is 27.5 Å². The number of amides is 2. The molecule has 2 amide bonds. The molecule has 3 rings (SSSR count).